The van der Waals surface area contributed by atoms with E-state index >= 15 is 0 Å². The number of nitrogens with one attached hydrogen (secondary N) is 2. The highest BCUT2D eigenvalue weighted by atomic mass is 127. The molecule has 0 saturated carbocycles. The maximum Gasteiger partial charge on any atom is 0.270 e. The van der Waals surface area contributed by atoms with E-state index in [1.807, 2.05) is 24.3 Å². The number of hydrazone groups is 1. The fraction of sp³-hybridized carbons (Fsp3) is 0.0667. The van der Waals surface area contributed by atoms with E-state index in [4.69, 9.17) is 0 Å². The second kappa shape index (κ2) is 8.22. The number of hydrogen-bond acceptors (Lipinski definition) is 5. The van der Waals surface area contributed by atoms with Crippen LogP contribution in [-0.2, 0) is 4.79 Å². The van der Waals surface area contributed by atoms with E-state index in [1.54, 1.807) is 12.1 Å². The summed E-state index contributed by atoms with van der Waals surface area (Å²) in [5, 5.41) is 17.4. The highest BCUT2D eigenvalue weighted by Gasteiger charge is 2.04. The van der Waals surface area contributed by atoms with E-state index < -0.39 is 4.92 Å². The van der Waals surface area contributed by atoms with Crippen LogP contribution in [0.1, 0.15) is 5.56 Å². The molecule has 0 atom stereocenters. The number of non-ortho nitro benzene ring substituents is 1. The Labute approximate surface area is 146 Å². The van der Waals surface area contributed by atoms with Gasteiger partial charge in [-0.05, 0) is 46.9 Å². The molecule has 0 aliphatic heterocycles. The van der Waals surface area contributed by atoms with Crippen molar-refractivity contribution in [2.24, 2.45) is 5.10 Å². The summed E-state index contributed by atoms with van der Waals surface area (Å²) in [6.07, 6.45) is 1.36. The van der Waals surface area contributed by atoms with Crippen LogP contribution in [-0.4, -0.2) is 23.6 Å². The van der Waals surface area contributed by atoms with Crippen molar-refractivity contribution < 1.29 is 9.72 Å². The van der Waals surface area contributed by atoms with Gasteiger partial charge in [0.15, 0.2) is 0 Å². The molecule has 0 heterocycles. The van der Waals surface area contributed by atoms with Crippen LogP contribution in [0.5, 0.6) is 0 Å². The second-order valence-corrected chi connectivity index (χ2v) is 5.75. The van der Waals surface area contributed by atoms with Crippen molar-refractivity contribution in [1.29, 1.82) is 0 Å². The minimum atomic E-state index is -0.485. The van der Waals surface area contributed by atoms with Gasteiger partial charge in [-0.1, -0.05) is 12.1 Å². The van der Waals surface area contributed by atoms with Gasteiger partial charge in [-0.2, -0.15) is 5.10 Å². The van der Waals surface area contributed by atoms with Crippen LogP contribution in [0.15, 0.2) is 53.6 Å². The lowest BCUT2D eigenvalue weighted by atomic mass is 10.2. The third kappa shape index (κ3) is 5.66. The molecule has 1 amide bonds. The molecule has 0 aromatic heterocycles. The smallest absolute Gasteiger partial charge is 0.270 e. The standard InChI is InChI=1S/C15H13IN4O3/c16-12-4-6-13(7-5-12)17-10-15(21)19-18-9-11-2-1-3-14(8-11)20(22)23/h1-9,17H,10H2,(H,19,21)/b18-9-. The number of carbonyl (C=O) groups excluding carboxylic acids is 1. The maximum atomic E-state index is 11.7. The van der Waals surface area contributed by atoms with Crippen LogP contribution in [0.3, 0.4) is 0 Å². The Morgan fingerprint density at radius 3 is 2.70 bits per heavy atom. The molecule has 0 aliphatic carbocycles. The molecule has 0 radical (unpaired) electrons. The van der Waals surface area contributed by atoms with Crippen LogP contribution in [0, 0.1) is 13.7 Å². The molecule has 0 bridgehead atoms. The van der Waals surface area contributed by atoms with Crippen molar-refractivity contribution in [3.63, 3.8) is 0 Å². The highest BCUT2D eigenvalue weighted by Crippen LogP contribution is 2.11. The van der Waals surface area contributed by atoms with Gasteiger partial charge in [0.25, 0.3) is 11.6 Å². The molecule has 2 N–H and O–H groups in total. The van der Waals surface area contributed by atoms with Crippen molar-refractivity contribution in [3.8, 4) is 0 Å². The quantitative estimate of drug-likeness (QED) is 0.323. The summed E-state index contributed by atoms with van der Waals surface area (Å²) in [6, 6.07) is 13.6. The first kappa shape index (κ1) is 16.9. The zero-order valence-corrected chi connectivity index (χ0v) is 14.1. The van der Waals surface area contributed by atoms with Crippen LogP contribution in [0.4, 0.5) is 11.4 Å². The summed E-state index contributed by atoms with van der Waals surface area (Å²) in [5.41, 5.74) is 3.70. The number of halogens is 1. The fourth-order valence-electron chi connectivity index (χ4n) is 1.69. The monoisotopic (exact) mass is 424 g/mol. The van der Waals surface area contributed by atoms with Gasteiger partial charge in [0, 0.05) is 27.0 Å². The molecule has 0 aliphatic rings. The largest absolute Gasteiger partial charge is 0.376 e. The normalized spacial score (nSPS) is 10.5. The van der Waals surface area contributed by atoms with Gasteiger partial charge in [-0.25, -0.2) is 5.43 Å². The topological polar surface area (TPSA) is 96.6 Å². The number of amides is 1. The summed E-state index contributed by atoms with van der Waals surface area (Å²) >= 11 is 2.20. The summed E-state index contributed by atoms with van der Waals surface area (Å²) in [7, 11) is 0. The van der Waals surface area contributed by atoms with E-state index in [0.717, 1.165) is 9.26 Å². The lowest BCUT2D eigenvalue weighted by Crippen LogP contribution is -2.25. The van der Waals surface area contributed by atoms with Crippen molar-refractivity contribution in [2.75, 3.05) is 11.9 Å². The van der Waals surface area contributed by atoms with E-state index in [-0.39, 0.29) is 18.1 Å². The number of nitro benzene ring substituents is 1. The van der Waals surface area contributed by atoms with Crippen LogP contribution in [0.25, 0.3) is 0 Å². The van der Waals surface area contributed by atoms with Gasteiger partial charge in [0.05, 0.1) is 17.7 Å². The third-order valence-corrected chi connectivity index (χ3v) is 3.50. The minimum absolute atomic E-state index is 0.0272. The van der Waals surface area contributed by atoms with E-state index in [2.05, 4.69) is 38.4 Å². The number of anilines is 1. The van der Waals surface area contributed by atoms with Crippen LogP contribution < -0.4 is 10.7 Å². The van der Waals surface area contributed by atoms with Crippen LogP contribution in [0.2, 0.25) is 0 Å². The molecule has 2 rings (SSSR count). The van der Waals surface area contributed by atoms with E-state index in [0.29, 0.717) is 5.56 Å². The molecule has 0 fully saturated rings. The molecule has 8 heteroatoms. The predicted octanol–water partition coefficient (Wildman–Crippen LogP) is 2.76. The van der Waals surface area contributed by atoms with Crippen molar-refractivity contribution in [3.05, 3.63) is 67.8 Å². The fourth-order valence-corrected chi connectivity index (χ4v) is 2.05. The minimum Gasteiger partial charge on any atom is -0.376 e. The first-order valence-corrected chi connectivity index (χ1v) is 7.68. The molecular formula is C15H13IN4O3. The number of carbonyl (C=O) groups is 1. The molecule has 0 saturated heterocycles. The summed E-state index contributed by atoms with van der Waals surface area (Å²) in [4.78, 5) is 21.8. The Morgan fingerprint density at radius 2 is 2.00 bits per heavy atom. The molecule has 2 aromatic rings. The molecule has 0 unspecified atom stereocenters. The first-order valence-electron chi connectivity index (χ1n) is 6.60. The Morgan fingerprint density at radius 1 is 1.26 bits per heavy atom. The zero-order valence-electron chi connectivity index (χ0n) is 11.9. The SMILES string of the molecule is O=C(CNc1ccc(I)cc1)N/N=C\c1cccc([N+](=O)[O-])c1. The number of rotatable bonds is 6. The molecule has 7 nitrogen and oxygen atoms in total. The molecule has 0 spiro atoms. The highest BCUT2D eigenvalue weighted by molar-refractivity contribution is 14.1. The molecule has 118 valence electrons. The number of nitrogens with zero attached hydrogens (tertiary/aromatic N) is 2. The number of hydrogen-bond donors (Lipinski definition) is 2. The van der Waals surface area contributed by atoms with Gasteiger partial charge in [-0.3, -0.25) is 14.9 Å². The predicted molar refractivity (Wildman–Crippen MR) is 96.5 cm³/mol. The van der Waals surface area contributed by atoms with Crippen molar-refractivity contribution in [2.45, 2.75) is 0 Å². The van der Waals surface area contributed by atoms with Gasteiger partial charge in [0.2, 0.25) is 0 Å². The van der Waals surface area contributed by atoms with Gasteiger partial charge in [-0.15, -0.1) is 0 Å². The van der Waals surface area contributed by atoms with Gasteiger partial charge in [0.1, 0.15) is 0 Å². The first-order chi connectivity index (χ1) is 11.0. The lowest BCUT2D eigenvalue weighted by Gasteiger charge is -2.05. The Balaban J connectivity index is 1.83. The van der Waals surface area contributed by atoms with E-state index in [1.165, 1.54) is 18.3 Å². The average Bonchev–Trinajstić information content (AvgIpc) is 2.54. The third-order valence-electron chi connectivity index (χ3n) is 2.78. The lowest BCUT2D eigenvalue weighted by molar-refractivity contribution is -0.384. The number of nitro groups is 1. The molecular weight excluding hydrogens is 411 g/mol. The Kier molecular flexibility index (Phi) is 6.03. The second-order valence-electron chi connectivity index (χ2n) is 4.51. The summed E-state index contributed by atoms with van der Waals surface area (Å²) in [6.45, 7) is 0.0763. The number of benzene rings is 2. The zero-order chi connectivity index (χ0) is 16.7. The van der Waals surface area contributed by atoms with E-state index in [9.17, 15) is 14.9 Å². The Bertz CT molecular complexity index is 732. The average molecular weight is 424 g/mol. The Hall–Kier alpha value is -2.49. The van der Waals surface area contributed by atoms with Gasteiger partial charge < -0.3 is 5.32 Å². The summed E-state index contributed by atoms with van der Waals surface area (Å²) in [5.74, 6) is -0.315. The van der Waals surface area contributed by atoms with Gasteiger partial charge >= 0.3 is 0 Å². The van der Waals surface area contributed by atoms with Crippen molar-refractivity contribution in [1.82, 2.24) is 5.43 Å². The maximum absolute atomic E-state index is 11.7. The molecule has 23 heavy (non-hydrogen) atoms. The van der Waals surface area contributed by atoms with Crippen LogP contribution >= 0.6 is 22.6 Å². The van der Waals surface area contributed by atoms with Crippen molar-refractivity contribution >= 4 is 46.1 Å². The molecule has 2 aromatic carbocycles. The summed E-state index contributed by atoms with van der Waals surface area (Å²) < 4.78 is 1.11.